The molecule has 192 valence electrons. The van der Waals surface area contributed by atoms with Crippen molar-refractivity contribution < 1.29 is 29.0 Å². The van der Waals surface area contributed by atoms with Gasteiger partial charge in [0.15, 0.2) is 11.6 Å². The number of hydrogen-bond acceptors (Lipinski definition) is 6. The molecular formula is C30H24INO6. The van der Waals surface area contributed by atoms with Crippen LogP contribution in [0.3, 0.4) is 0 Å². The van der Waals surface area contributed by atoms with Crippen LogP contribution in [0.2, 0.25) is 0 Å². The summed E-state index contributed by atoms with van der Waals surface area (Å²) in [5.41, 5.74) is 3.15. The van der Waals surface area contributed by atoms with Gasteiger partial charge < -0.3 is 9.84 Å². The molecule has 0 bridgehead atoms. The molecule has 1 aliphatic heterocycles. The molecule has 0 unspecified atom stereocenters. The van der Waals surface area contributed by atoms with Gasteiger partial charge in [-0.05, 0) is 84.7 Å². The highest BCUT2D eigenvalue weighted by atomic mass is 127. The number of methoxy groups -OCH3 is 1. The van der Waals surface area contributed by atoms with Crippen molar-refractivity contribution in [1.82, 2.24) is 0 Å². The molecule has 0 saturated carbocycles. The van der Waals surface area contributed by atoms with E-state index in [0.29, 0.717) is 40.1 Å². The number of carbonyl (C=O) groups excluding carboxylic acids is 4. The highest BCUT2D eigenvalue weighted by Gasteiger charge is 2.56. The average Bonchev–Trinajstić information content (AvgIpc) is 3.16. The number of phenols is 1. The number of Topliss-reactive ketones (excluding diaryl/α,β-unsaturated/α-hetero) is 1. The highest BCUT2D eigenvalue weighted by molar-refractivity contribution is 14.1. The third kappa shape index (κ3) is 3.60. The zero-order valence-corrected chi connectivity index (χ0v) is 22.9. The van der Waals surface area contributed by atoms with Gasteiger partial charge in [0, 0.05) is 37.8 Å². The Morgan fingerprint density at radius 2 is 1.74 bits per heavy atom. The van der Waals surface area contributed by atoms with E-state index < -0.39 is 23.7 Å². The van der Waals surface area contributed by atoms with Crippen molar-refractivity contribution in [1.29, 1.82) is 0 Å². The van der Waals surface area contributed by atoms with Gasteiger partial charge in [0.25, 0.3) is 0 Å². The first-order valence-corrected chi connectivity index (χ1v) is 13.5. The Labute approximate surface area is 233 Å². The van der Waals surface area contributed by atoms with E-state index in [1.54, 1.807) is 25.1 Å². The van der Waals surface area contributed by atoms with Crippen LogP contribution in [0.4, 0.5) is 5.69 Å². The summed E-state index contributed by atoms with van der Waals surface area (Å²) >= 11 is 2.17. The molecular weight excluding hydrogens is 597 g/mol. The Morgan fingerprint density at radius 3 is 2.45 bits per heavy atom. The van der Waals surface area contributed by atoms with Crippen LogP contribution in [0.1, 0.15) is 31.2 Å². The molecule has 4 aliphatic rings. The first kappa shape index (κ1) is 24.8. The minimum atomic E-state index is -0.643. The minimum absolute atomic E-state index is 0.0105. The molecule has 1 saturated heterocycles. The molecule has 7 nitrogen and oxygen atoms in total. The lowest BCUT2D eigenvalue weighted by molar-refractivity contribution is -0.123. The number of aromatic hydroxyl groups is 1. The zero-order chi connectivity index (χ0) is 26.9. The third-order valence-corrected chi connectivity index (χ3v) is 8.89. The number of fused-ring (bicyclic) bond motifs is 3. The molecule has 38 heavy (non-hydrogen) atoms. The number of imide groups is 1. The first-order chi connectivity index (χ1) is 18.2. The summed E-state index contributed by atoms with van der Waals surface area (Å²) in [6.45, 7) is 1.62. The maximum atomic E-state index is 13.9. The number of hydrogen-bond donors (Lipinski definition) is 1. The number of benzene rings is 2. The molecule has 3 aliphatic carbocycles. The second-order valence-corrected chi connectivity index (χ2v) is 11.4. The Balaban J connectivity index is 1.51. The number of allylic oxidation sites excluding steroid dienone is 6. The van der Waals surface area contributed by atoms with Gasteiger partial charge >= 0.3 is 0 Å². The van der Waals surface area contributed by atoms with E-state index >= 15 is 0 Å². The lowest BCUT2D eigenvalue weighted by Crippen LogP contribution is -2.39. The number of phenolic OH excluding ortho intramolecular Hbond substituents is 1. The van der Waals surface area contributed by atoms with Gasteiger partial charge in [-0.2, -0.15) is 0 Å². The third-order valence-electron chi connectivity index (χ3n) is 8.18. The number of halogens is 1. The SMILES string of the molecule is COc1cc(O)ccc1[C@H]1C2=CC[C@@H]3C(=O)N(c4ccc(I)cc4)C(=O)[C@@H]3[C@@H]2CC2=C1C(=O)C=C(C)C2=O. The summed E-state index contributed by atoms with van der Waals surface area (Å²) < 4.78 is 6.57. The van der Waals surface area contributed by atoms with Crippen LogP contribution in [-0.4, -0.2) is 35.6 Å². The summed E-state index contributed by atoms with van der Waals surface area (Å²) in [7, 11) is 1.48. The number of nitrogens with zero attached hydrogens (tertiary/aromatic N) is 1. The monoisotopic (exact) mass is 621 g/mol. The molecule has 1 heterocycles. The predicted molar refractivity (Wildman–Crippen MR) is 148 cm³/mol. The highest BCUT2D eigenvalue weighted by Crippen LogP contribution is 2.56. The largest absolute Gasteiger partial charge is 0.508 e. The lowest BCUT2D eigenvalue weighted by atomic mass is 9.59. The fraction of sp³-hybridized carbons (Fsp3) is 0.267. The molecule has 2 aromatic carbocycles. The van der Waals surface area contributed by atoms with Crippen molar-refractivity contribution in [2.45, 2.75) is 25.7 Å². The predicted octanol–water partition coefficient (Wildman–Crippen LogP) is 4.64. The van der Waals surface area contributed by atoms with Crippen molar-refractivity contribution in [2.75, 3.05) is 12.0 Å². The molecule has 1 N–H and O–H groups in total. The number of ketones is 2. The standard InChI is InChI=1S/C30H24INO6/c1-14-11-23(34)27-22(28(14)35)13-21-18(25(27)19-8-7-17(33)12-24(19)38-2)9-10-20-26(21)30(37)32(29(20)36)16-5-3-15(31)4-6-16/h3-9,11-12,20-21,25-26,33H,10,13H2,1-2H3/t20-,21+,25+,26-/m0/s1. The van der Waals surface area contributed by atoms with Crippen LogP contribution in [0.25, 0.3) is 0 Å². The molecule has 0 aromatic heterocycles. The quantitative estimate of drug-likeness (QED) is 0.232. The number of anilines is 1. The second-order valence-electron chi connectivity index (χ2n) is 10.1. The Morgan fingerprint density at radius 1 is 1.00 bits per heavy atom. The summed E-state index contributed by atoms with van der Waals surface area (Å²) in [4.78, 5) is 55.5. The van der Waals surface area contributed by atoms with Gasteiger partial charge in [-0.3, -0.25) is 24.1 Å². The van der Waals surface area contributed by atoms with Crippen LogP contribution in [-0.2, 0) is 19.2 Å². The van der Waals surface area contributed by atoms with E-state index in [1.807, 2.05) is 18.2 Å². The molecule has 2 amide bonds. The summed E-state index contributed by atoms with van der Waals surface area (Å²) in [5.74, 6) is -2.82. The van der Waals surface area contributed by atoms with E-state index in [4.69, 9.17) is 4.74 Å². The topological polar surface area (TPSA) is 101 Å². The normalized spacial score (nSPS) is 26.6. The fourth-order valence-corrected chi connectivity index (χ4v) is 6.88. The smallest absolute Gasteiger partial charge is 0.238 e. The van der Waals surface area contributed by atoms with E-state index in [0.717, 1.165) is 9.14 Å². The van der Waals surface area contributed by atoms with Gasteiger partial charge in [-0.25, -0.2) is 0 Å². The van der Waals surface area contributed by atoms with Gasteiger partial charge in [-0.15, -0.1) is 0 Å². The zero-order valence-electron chi connectivity index (χ0n) is 20.7. The second kappa shape index (κ2) is 9.04. The molecule has 4 atom stereocenters. The molecule has 0 radical (unpaired) electrons. The summed E-state index contributed by atoms with van der Waals surface area (Å²) in [5, 5.41) is 10.1. The number of rotatable bonds is 3. The summed E-state index contributed by atoms with van der Waals surface area (Å²) in [6.07, 6.45) is 3.92. The number of amides is 2. The van der Waals surface area contributed by atoms with Crippen LogP contribution >= 0.6 is 22.6 Å². The summed E-state index contributed by atoms with van der Waals surface area (Å²) in [6, 6.07) is 11.9. The first-order valence-electron chi connectivity index (χ1n) is 12.4. The van der Waals surface area contributed by atoms with Crippen molar-refractivity contribution in [3.63, 3.8) is 0 Å². The van der Waals surface area contributed by atoms with Crippen molar-refractivity contribution in [3.05, 3.63) is 86.0 Å². The van der Waals surface area contributed by atoms with Gasteiger partial charge in [0.2, 0.25) is 11.8 Å². The van der Waals surface area contributed by atoms with E-state index in [1.165, 1.54) is 30.2 Å². The van der Waals surface area contributed by atoms with Gasteiger partial charge in [0.05, 0.1) is 24.6 Å². The average molecular weight is 621 g/mol. The Bertz CT molecular complexity index is 1530. The molecule has 0 spiro atoms. The minimum Gasteiger partial charge on any atom is -0.508 e. The van der Waals surface area contributed by atoms with Crippen LogP contribution in [0.5, 0.6) is 11.5 Å². The van der Waals surface area contributed by atoms with Crippen LogP contribution < -0.4 is 9.64 Å². The molecule has 8 heteroatoms. The van der Waals surface area contributed by atoms with E-state index in [-0.39, 0.29) is 35.6 Å². The molecule has 1 fully saturated rings. The number of carbonyl (C=O) groups is 4. The van der Waals surface area contributed by atoms with Crippen molar-refractivity contribution in [3.8, 4) is 11.5 Å². The van der Waals surface area contributed by atoms with E-state index in [9.17, 15) is 24.3 Å². The Kier molecular flexibility index (Phi) is 5.90. The molecule has 2 aromatic rings. The molecule has 6 rings (SSSR count). The Hall–Kier alpha value is -3.53. The maximum absolute atomic E-state index is 13.9. The number of ether oxygens (including phenoxy) is 1. The van der Waals surface area contributed by atoms with Gasteiger partial charge in [-0.1, -0.05) is 17.7 Å². The van der Waals surface area contributed by atoms with Crippen LogP contribution in [0, 0.1) is 21.3 Å². The van der Waals surface area contributed by atoms with Crippen molar-refractivity contribution >= 4 is 51.7 Å². The van der Waals surface area contributed by atoms with Crippen molar-refractivity contribution in [2.24, 2.45) is 17.8 Å². The fourth-order valence-electron chi connectivity index (χ4n) is 6.52. The van der Waals surface area contributed by atoms with E-state index in [2.05, 4.69) is 22.6 Å². The van der Waals surface area contributed by atoms with Crippen LogP contribution in [0.15, 0.2) is 76.9 Å². The maximum Gasteiger partial charge on any atom is 0.238 e. The van der Waals surface area contributed by atoms with Gasteiger partial charge in [0.1, 0.15) is 11.5 Å². The lowest BCUT2D eigenvalue weighted by Gasteiger charge is -2.42.